The fraction of sp³-hybridized carbons (Fsp3) is 0.500. The van der Waals surface area contributed by atoms with Crippen molar-refractivity contribution in [3.63, 3.8) is 0 Å². The Bertz CT molecular complexity index is 227. The molecule has 1 aromatic heterocycles. The lowest BCUT2D eigenvalue weighted by Crippen LogP contribution is -2.30. The van der Waals surface area contributed by atoms with Gasteiger partial charge < -0.3 is 9.88 Å². The van der Waals surface area contributed by atoms with E-state index in [9.17, 15) is 0 Å². The molecular weight excluding hydrogens is 124 g/mol. The molecule has 1 aliphatic heterocycles. The van der Waals surface area contributed by atoms with E-state index in [2.05, 4.69) is 35.1 Å². The van der Waals surface area contributed by atoms with Crippen LogP contribution in [0.3, 0.4) is 0 Å². The molecule has 0 amide bonds. The molecule has 0 saturated carbocycles. The molecular formula is C8H12N2. The van der Waals surface area contributed by atoms with E-state index in [1.807, 2.05) is 0 Å². The standard InChI is InChI=1S/C8H12N2/c1-7-8-3-2-5-10(8)6-4-9-7/h2-3,5,7,9H,4,6H2,1H3. The third-order valence-corrected chi connectivity index (χ3v) is 2.11. The summed E-state index contributed by atoms with van der Waals surface area (Å²) in [5.74, 6) is 0. The lowest BCUT2D eigenvalue weighted by Gasteiger charge is -2.22. The highest BCUT2D eigenvalue weighted by atomic mass is 15.1. The normalized spacial score (nSPS) is 24.3. The summed E-state index contributed by atoms with van der Waals surface area (Å²) in [4.78, 5) is 0. The second-order valence-corrected chi connectivity index (χ2v) is 2.80. The van der Waals surface area contributed by atoms with Gasteiger partial charge in [-0.25, -0.2) is 0 Å². The zero-order valence-corrected chi connectivity index (χ0v) is 6.17. The Kier molecular flexibility index (Phi) is 1.27. The molecule has 2 heterocycles. The van der Waals surface area contributed by atoms with Crippen molar-refractivity contribution >= 4 is 0 Å². The maximum absolute atomic E-state index is 3.40. The van der Waals surface area contributed by atoms with Crippen molar-refractivity contribution in [3.8, 4) is 0 Å². The van der Waals surface area contributed by atoms with Crippen LogP contribution in [0.5, 0.6) is 0 Å². The highest BCUT2D eigenvalue weighted by Crippen LogP contribution is 2.15. The maximum atomic E-state index is 3.40. The number of hydrogen-bond donors (Lipinski definition) is 1. The summed E-state index contributed by atoms with van der Waals surface area (Å²) in [6, 6.07) is 4.82. The summed E-state index contributed by atoms with van der Waals surface area (Å²) in [7, 11) is 0. The molecule has 1 unspecified atom stereocenters. The van der Waals surface area contributed by atoms with Crippen molar-refractivity contribution in [2.45, 2.75) is 19.5 Å². The monoisotopic (exact) mass is 136 g/mol. The van der Waals surface area contributed by atoms with Crippen molar-refractivity contribution < 1.29 is 0 Å². The van der Waals surface area contributed by atoms with Gasteiger partial charge in [0.25, 0.3) is 0 Å². The van der Waals surface area contributed by atoms with E-state index in [4.69, 9.17) is 0 Å². The van der Waals surface area contributed by atoms with Crippen LogP contribution in [-0.4, -0.2) is 11.1 Å². The molecule has 1 aliphatic rings. The van der Waals surface area contributed by atoms with E-state index in [0.29, 0.717) is 6.04 Å². The molecule has 2 heteroatoms. The smallest absolute Gasteiger partial charge is 0.0446 e. The molecule has 0 fully saturated rings. The second-order valence-electron chi connectivity index (χ2n) is 2.80. The van der Waals surface area contributed by atoms with Gasteiger partial charge in [0.05, 0.1) is 0 Å². The summed E-state index contributed by atoms with van der Waals surface area (Å²) in [5, 5.41) is 3.40. The largest absolute Gasteiger partial charge is 0.349 e. The van der Waals surface area contributed by atoms with Gasteiger partial charge in [-0.1, -0.05) is 0 Å². The highest BCUT2D eigenvalue weighted by molar-refractivity contribution is 5.12. The van der Waals surface area contributed by atoms with Crippen molar-refractivity contribution in [2.24, 2.45) is 0 Å². The van der Waals surface area contributed by atoms with E-state index in [0.717, 1.165) is 13.1 Å². The van der Waals surface area contributed by atoms with Gasteiger partial charge in [-0.3, -0.25) is 0 Å². The van der Waals surface area contributed by atoms with Crippen LogP contribution in [0.4, 0.5) is 0 Å². The number of nitrogens with zero attached hydrogens (tertiary/aromatic N) is 1. The Morgan fingerprint density at radius 3 is 3.40 bits per heavy atom. The number of rotatable bonds is 0. The van der Waals surface area contributed by atoms with E-state index in [-0.39, 0.29) is 0 Å². The van der Waals surface area contributed by atoms with Crippen molar-refractivity contribution in [2.75, 3.05) is 6.54 Å². The molecule has 0 aliphatic carbocycles. The number of hydrogen-bond acceptors (Lipinski definition) is 1. The minimum atomic E-state index is 0.531. The summed E-state index contributed by atoms with van der Waals surface area (Å²) >= 11 is 0. The molecule has 54 valence electrons. The molecule has 0 radical (unpaired) electrons. The predicted molar refractivity (Wildman–Crippen MR) is 40.8 cm³/mol. The Labute approximate surface area is 60.9 Å². The zero-order valence-electron chi connectivity index (χ0n) is 6.17. The van der Waals surface area contributed by atoms with Crippen LogP contribution in [-0.2, 0) is 6.54 Å². The lowest BCUT2D eigenvalue weighted by atomic mass is 10.2. The average Bonchev–Trinajstić information content (AvgIpc) is 2.36. The van der Waals surface area contributed by atoms with Crippen LogP contribution in [0.1, 0.15) is 18.7 Å². The van der Waals surface area contributed by atoms with E-state index in [1.54, 1.807) is 0 Å². The van der Waals surface area contributed by atoms with E-state index < -0.39 is 0 Å². The molecule has 0 spiro atoms. The van der Waals surface area contributed by atoms with Gasteiger partial charge in [0.15, 0.2) is 0 Å². The molecule has 2 rings (SSSR count). The molecule has 0 aromatic carbocycles. The van der Waals surface area contributed by atoms with Crippen LogP contribution in [0.15, 0.2) is 18.3 Å². The fourth-order valence-corrected chi connectivity index (χ4v) is 1.53. The number of aromatic nitrogens is 1. The average molecular weight is 136 g/mol. The molecule has 1 atom stereocenters. The molecule has 0 saturated heterocycles. The molecule has 1 N–H and O–H groups in total. The van der Waals surface area contributed by atoms with Gasteiger partial charge in [0.1, 0.15) is 0 Å². The Balaban J connectivity index is 2.41. The van der Waals surface area contributed by atoms with Crippen LogP contribution in [0, 0.1) is 0 Å². The fourth-order valence-electron chi connectivity index (χ4n) is 1.53. The molecule has 2 nitrogen and oxygen atoms in total. The van der Waals surface area contributed by atoms with Crippen molar-refractivity contribution in [1.29, 1.82) is 0 Å². The maximum Gasteiger partial charge on any atom is 0.0446 e. The Hall–Kier alpha value is -0.760. The summed E-state index contributed by atoms with van der Waals surface area (Å²) in [6.45, 7) is 4.42. The first-order valence-corrected chi connectivity index (χ1v) is 3.76. The van der Waals surface area contributed by atoms with Gasteiger partial charge in [-0.05, 0) is 19.1 Å². The minimum absolute atomic E-state index is 0.531. The van der Waals surface area contributed by atoms with Crippen LogP contribution in [0.2, 0.25) is 0 Å². The number of nitrogens with one attached hydrogen (secondary N) is 1. The van der Waals surface area contributed by atoms with Crippen molar-refractivity contribution in [1.82, 2.24) is 9.88 Å². The predicted octanol–water partition coefficient (Wildman–Crippen LogP) is 1.15. The second kappa shape index (κ2) is 2.13. The van der Waals surface area contributed by atoms with Gasteiger partial charge >= 0.3 is 0 Å². The first-order chi connectivity index (χ1) is 4.88. The van der Waals surface area contributed by atoms with Crippen LogP contribution in [0.25, 0.3) is 0 Å². The molecule has 10 heavy (non-hydrogen) atoms. The van der Waals surface area contributed by atoms with Crippen LogP contribution < -0.4 is 5.32 Å². The van der Waals surface area contributed by atoms with Gasteiger partial charge in [-0.15, -0.1) is 0 Å². The Morgan fingerprint density at radius 2 is 2.60 bits per heavy atom. The summed E-state index contributed by atoms with van der Waals surface area (Å²) < 4.78 is 2.31. The topological polar surface area (TPSA) is 17.0 Å². The van der Waals surface area contributed by atoms with Gasteiger partial charge in [-0.2, -0.15) is 0 Å². The number of fused-ring (bicyclic) bond motifs is 1. The SMILES string of the molecule is CC1NCCn2cccc21. The summed E-state index contributed by atoms with van der Waals surface area (Å²) in [6.07, 6.45) is 2.15. The third-order valence-electron chi connectivity index (χ3n) is 2.11. The van der Waals surface area contributed by atoms with Crippen molar-refractivity contribution in [3.05, 3.63) is 24.0 Å². The molecule has 0 bridgehead atoms. The van der Waals surface area contributed by atoms with E-state index >= 15 is 0 Å². The zero-order chi connectivity index (χ0) is 6.97. The van der Waals surface area contributed by atoms with Crippen LogP contribution >= 0.6 is 0 Å². The third kappa shape index (κ3) is 0.762. The molecule has 1 aromatic rings. The lowest BCUT2D eigenvalue weighted by molar-refractivity contribution is 0.448. The first kappa shape index (κ1) is 5.98. The first-order valence-electron chi connectivity index (χ1n) is 3.76. The van der Waals surface area contributed by atoms with E-state index in [1.165, 1.54) is 5.69 Å². The highest BCUT2D eigenvalue weighted by Gasteiger charge is 2.12. The minimum Gasteiger partial charge on any atom is -0.349 e. The van der Waals surface area contributed by atoms with Gasteiger partial charge in [0, 0.05) is 31.0 Å². The Morgan fingerprint density at radius 1 is 1.70 bits per heavy atom. The summed E-state index contributed by atoms with van der Waals surface area (Å²) in [5.41, 5.74) is 1.41. The van der Waals surface area contributed by atoms with Gasteiger partial charge in [0.2, 0.25) is 0 Å². The quantitative estimate of drug-likeness (QED) is 0.566.